The van der Waals surface area contributed by atoms with Crippen molar-refractivity contribution in [2.45, 2.75) is 0 Å². The standard InChI is InChI=1S/C19H14FN3O3/c20-13-5-2-7-15(11-13)22-17(24)12-4-1-6-14(10-12)23-19(26)16-8-3-9-21-18(16)25/h1-11H,(H,21,25)(H,22,24)(H,23,26). The van der Waals surface area contributed by atoms with Gasteiger partial charge in [-0.05, 0) is 48.5 Å². The molecule has 26 heavy (non-hydrogen) atoms. The van der Waals surface area contributed by atoms with Crippen molar-refractivity contribution in [1.29, 1.82) is 0 Å². The lowest BCUT2D eigenvalue weighted by Gasteiger charge is -2.08. The maximum absolute atomic E-state index is 13.2. The largest absolute Gasteiger partial charge is 0.328 e. The van der Waals surface area contributed by atoms with Crippen molar-refractivity contribution in [1.82, 2.24) is 4.98 Å². The normalized spacial score (nSPS) is 10.2. The molecule has 1 heterocycles. The maximum Gasteiger partial charge on any atom is 0.261 e. The number of carbonyl (C=O) groups excluding carboxylic acids is 2. The van der Waals surface area contributed by atoms with Crippen LogP contribution in [0.4, 0.5) is 15.8 Å². The zero-order valence-corrected chi connectivity index (χ0v) is 13.5. The van der Waals surface area contributed by atoms with E-state index in [-0.39, 0.29) is 11.1 Å². The average molecular weight is 351 g/mol. The Morgan fingerprint density at radius 3 is 2.27 bits per heavy atom. The molecule has 0 aliphatic heterocycles. The highest BCUT2D eigenvalue weighted by molar-refractivity contribution is 6.07. The molecule has 7 heteroatoms. The van der Waals surface area contributed by atoms with Crippen LogP contribution in [0.2, 0.25) is 0 Å². The molecule has 0 saturated carbocycles. The minimum atomic E-state index is -0.588. The number of benzene rings is 2. The summed E-state index contributed by atoms with van der Waals surface area (Å²) in [6.07, 6.45) is 1.43. The molecule has 0 saturated heterocycles. The summed E-state index contributed by atoms with van der Waals surface area (Å²) in [6.45, 7) is 0. The predicted molar refractivity (Wildman–Crippen MR) is 95.8 cm³/mol. The van der Waals surface area contributed by atoms with Crippen LogP contribution in [0.1, 0.15) is 20.7 Å². The van der Waals surface area contributed by atoms with Gasteiger partial charge in [0.2, 0.25) is 0 Å². The molecule has 0 fully saturated rings. The first-order valence-corrected chi connectivity index (χ1v) is 7.69. The van der Waals surface area contributed by atoms with E-state index in [0.717, 1.165) is 0 Å². The van der Waals surface area contributed by atoms with Gasteiger partial charge in [0.25, 0.3) is 17.4 Å². The molecule has 1 aromatic heterocycles. The zero-order valence-electron chi connectivity index (χ0n) is 13.5. The number of anilines is 2. The summed E-state index contributed by atoms with van der Waals surface area (Å²) in [4.78, 5) is 38.5. The molecular weight excluding hydrogens is 337 g/mol. The number of aromatic nitrogens is 1. The minimum Gasteiger partial charge on any atom is -0.328 e. The summed E-state index contributed by atoms with van der Waals surface area (Å²) in [5, 5.41) is 5.14. The molecule has 0 bridgehead atoms. The van der Waals surface area contributed by atoms with Gasteiger partial charge in [0.05, 0.1) is 0 Å². The third-order valence-corrected chi connectivity index (χ3v) is 3.53. The summed E-state index contributed by atoms with van der Waals surface area (Å²) >= 11 is 0. The van der Waals surface area contributed by atoms with Gasteiger partial charge in [-0.2, -0.15) is 0 Å². The van der Waals surface area contributed by atoms with Gasteiger partial charge >= 0.3 is 0 Å². The quantitative estimate of drug-likeness (QED) is 0.675. The molecule has 130 valence electrons. The van der Waals surface area contributed by atoms with Crippen LogP contribution in [0.25, 0.3) is 0 Å². The molecule has 0 aliphatic rings. The van der Waals surface area contributed by atoms with Gasteiger partial charge in [-0.1, -0.05) is 12.1 Å². The number of hydrogen-bond donors (Lipinski definition) is 3. The summed E-state index contributed by atoms with van der Waals surface area (Å²) in [7, 11) is 0. The highest BCUT2D eigenvalue weighted by Crippen LogP contribution is 2.15. The molecule has 0 aliphatic carbocycles. The molecule has 3 rings (SSSR count). The Hall–Kier alpha value is -3.74. The van der Waals surface area contributed by atoms with Crippen LogP contribution < -0.4 is 16.2 Å². The van der Waals surface area contributed by atoms with Crippen molar-refractivity contribution in [3.8, 4) is 0 Å². The number of hydrogen-bond acceptors (Lipinski definition) is 3. The van der Waals surface area contributed by atoms with E-state index in [1.807, 2.05) is 0 Å². The van der Waals surface area contributed by atoms with Crippen LogP contribution in [-0.4, -0.2) is 16.8 Å². The Kier molecular flexibility index (Phi) is 4.89. The number of amides is 2. The second-order valence-electron chi connectivity index (χ2n) is 5.41. The van der Waals surface area contributed by atoms with Crippen molar-refractivity contribution in [2.75, 3.05) is 10.6 Å². The summed E-state index contributed by atoms with van der Waals surface area (Å²) in [5.74, 6) is -1.50. The highest BCUT2D eigenvalue weighted by atomic mass is 19.1. The summed E-state index contributed by atoms with van der Waals surface area (Å²) in [6, 6.07) is 14.7. The Morgan fingerprint density at radius 2 is 1.54 bits per heavy atom. The number of carbonyl (C=O) groups is 2. The van der Waals surface area contributed by atoms with E-state index in [9.17, 15) is 18.8 Å². The van der Waals surface area contributed by atoms with Gasteiger partial charge in [-0.15, -0.1) is 0 Å². The first-order chi connectivity index (χ1) is 12.5. The second-order valence-corrected chi connectivity index (χ2v) is 5.41. The number of rotatable bonds is 4. The van der Waals surface area contributed by atoms with Crippen LogP contribution in [0, 0.1) is 5.82 Å². The molecule has 2 aromatic carbocycles. The van der Waals surface area contributed by atoms with Crippen molar-refractivity contribution >= 4 is 23.2 Å². The van der Waals surface area contributed by atoms with Crippen molar-refractivity contribution in [2.24, 2.45) is 0 Å². The SMILES string of the molecule is O=C(Nc1cccc(F)c1)c1cccc(NC(=O)c2ccc[nH]c2=O)c1. The fourth-order valence-electron chi connectivity index (χ4n) is 2.31. The van der Waals surface area contributed by atoms with E-state index in [1.54, 1.807) is 30.3 Å². The summed E-state index contributed by atoms with van der Waals surface area (Å²) in [5.41, 5.74) is 0.395. The van der Waals surface area contributed by atoms with Gasteiger partial charge in [0.1, 0.15) is 11.4 Å². The van der Waals surface area contributed by atoms with E-state index in [2.05, 4.69) is 15.6 Å². The third kappa shape index (κ3) is 4.02. The van der Waals surface area contributed by atoms with Crippen LogP contribution in [0.5, 0.6) is 0 Å². The zero-order chi connectivity index (χ0) is 18.5. The van der Waals surface area contributed by atoms with Gasteiger partial charge in [0.15, 0.2) is 0 Å². The molecule has 3 N–H and O–H groups in total. The monoisotopic (exact) mass is 351 g/mol. The van der Waals surface area contributed by atoms with Gasteiger partial charge in [-0.25, -0.2) is 4.39 Å². The molecule has 0 radical (unpaired) electrons. The van der Waals surface area contributed by atoms with Crippen LogP contribution in [-0.2, 0) is 0 Å². The number of pyridine rings is 1. The van der Waals surface area contributed by atoms with Crippen LogP contribution in [0.15, 0.2) is 71.7 Å². The highest BCUT2D eigenvalue weighted by Gasteiger charge is 2.12. The fourth-order valence-corrected chi connectivity index (χ4v) is 2.31. The lowest BCUT2D eigenvalue weighted by atomic mass is 10.1. The van der Waals surface area contributed by atoms with Gasteiger partial charge in [0, 0.05) is 23.1 Å². The number of halogens is 1. The lowest BCUT2D eigenvalue weighted by molar-refractivity contribution is 0.101. The van der Waals surface area contributed by atoms with Gasteiger partial charge in [-0.3, -0.25) is 14.4 Å². The Balaban J connectivity index is 1.75. The topological polar surface area (TPSA) is 91.1 Å². The van der Waals surface area contributed by atoms with E-state index in [4.69, 9.17) is 0 Å². The van der Waals surface area contributed by atoms with Crippen molar-refractivity contribution < 1.29 is 14.0 Å². The fraction of sp³-hybridized carbons (Fsp3) is 0. The molecule has 0 unspecified atom stereocenters. The molecule has 0 spiro atoms. The predicted octanol–water partition coefficient (Wildman–Crippen LogP) is 3.02. The first-order valence-electron chi connectivity index (χ1n) is 7.69. The first kappa shape index (κ1) is 17.1. The molecule has 0 atom stereocenters. The van der Waals surface area contributed by atoms with Gasteiger partial charge < -0.3 is 15.6 Å². The van der Waals surface area contributed by atoms with E-state index >= 15 is 0 Å². The number of H-pyrrole nitrogens is 1. The third-order valence-electron chi connectivity index (χ3n) is 3.53. The second kappa shape index (κ2) is 7.43. The Bertz CT molecular complexity index is 1030. The minimum absolute atomic E-state index is 0.0397. The maximum atomic E-state index is 13.2. The van der Waals surface area contributed by atoms with E-state index in [1.165, 1.54) is 36.5 Å². The molecule has 2 amide bonds. The Labute approximate surface area is 147 Å². The van der Waals surface area contributed by atoms with Crippen LogP contribution >= 0.6 is 0 Å². The number of nitrogens with one attached hydrogen (secondary N) is 3. The molecule has 6 nitrogen and oxygen atoms in total. The Morgan fingerprint density at radius 1 is 0.846 bits per heavy atom. The van der Waals surface area contributed by atoms with E-state index < -0.39 is 23.2 Å². The van der Waals surface area contributed by atoms with Crippen LogP contribution in [0.3, 0.4) is 0 Å². The smallest absolute Gasteiger partial charge is 0.261 e. The average Bonchev–Trinajstić information content (AvgIpc) is 2.62. The van der Waals surface area contributed by atoms with Crippen molar-refractivity contribution in [3.63, 3.8) is 0 Å². The number of aromatic amines is 1. The van der Waals surface area contributed by atoms with E-state index in [0.29, 0.717) is 11.4 Å². The molecular formula is C19H14FN3O3. The molecule has 3 aromatic rings. The summed E-state index contributed by atoms with van der Waals surface area (Å²) < 4.78 is 13.2. The lowest BCUT2D eigenvalue weighted by Crippen LogP contribution is -2.22. The van der Waals surface area contributed by atoms with Crippen molar-refractivity contribution in [3.05, 3.63) is 94.2 Å².